The molecule has 5 heteroatoms. The van der Waals surface area contributed by atoms with Gasteiger partial charge in [0.05, 0.1) is 11.4 Å². The number of hydrogen-bond donors (Lipinski definition) is 0. The van der Waals surface area contributed by atoms with Crippen molar-refractivity contribution in [2.24, 2.45) is 0 Å². The highest BCUT2D eigenvalue weighted by Crippen LogP contribution is 2.26. The van der Waals surface area contributed by atoms with Crippen LogP contribution >= 0.6 is 0 Å². The Bertz CT molecular complexity index is 563. The van der Waals surface area contributed by atoms with E-state index in [0.717, 1.165) is 25.3 Å². The Hall–Kier alpha value is -1.75. The van der Waals surface area contributed by atoms with Gasteiger partial charge in [-0.25, -0.2) is 0 Å². The molecule has 1 aliphatic rings. The lowest BCUT2D eigenvalue weighted by Gasteiger charge is -2.32. The molecule has 3 heterocycles. The van der Waals surface area contributed by atoms with Gasteiger partial charge in [0, 0.05) is 49.8 Å². The summed E-state index contributed by atoms with van der Waals surface area (Å²) in [5.74, 6) is 0.503. The largest absolute Gasteiger partial charge is 0.297 e. The number of rotatable bonds is 4. The zero-order valence-corrected chi connectivity index (χ0v) is 12.8. The molecule has 1 saturated heterocycles. The minimum absolute atomic E-state index is 0.413. The van der Waals surface area contributed by atoms with Crippen molar-refractivity contribution in [3.8, 4) is 0 Å². The Morgan fingerprint density at radius 2 is 2.19 bits per heavy atom. The normalized spacial score (nSPS) is 20.0. The Labute approximate surface area is 126 Å². The summed E-state index contributed by atoms with van der Waals surface area (Å²) in [7, 11) is 0. The van der Waals surface area contributed by atoms with Crippen LogP contribution in [0.15, 0.2) is 30.9 Å². The van der Waals surface area contributed by atoms with Gasteiger partial charge >= 0.3 is 0 Å². The minimum atomic E-state index is 0.413. The lowest BCUT2D eigenvalue weighted by Crippen LogP contribution is -2.35. The molecule has 1 fully saturated rings. The highest BCUT2D eigenvalue weighted by molar-refractivity contribution is 5.07. The topological polar surface area (TPSA) is 46.8 Å². The molecule has 0 radical (unpaired) electrons. The predicted octanol–water partition coefficient (Wildman–Crippen LogP) is 2.63. The summed E-state index contributed by atoms with van der Waals surface area (Å²) in [6.07, 6.45) is 9.77. The highest BCUT2D eigenvalue weighted by atomic mass is 15.3. The Balaban J connectivity index is 1.68. The maximum atomic E-state index is 4.47. The van der Waals surface area contributed by atoms with Crippen LogP contribution in [-0.2, 0) is 6.54 Å². The van der Waals surface area contributed by atoms with Crippen molar-refractivity contribution in [3.05, 3.63) is 42.2 Å². The van der Waals surface area contributed by atoms with E-state index in [0.29, 0.717) is 12.0 Å². The number of aromatic nitrogens is 4. The lowest BCUT2D eigenvalue weighted by molar-refractivity contribution is 0.192. The molecule has 0 bridgehead atoms. The van der Waals surface area contributed by atoms with Gasteiger partial charge in [0.25, 0.3) is 0 Å². The number of piperidine rings is 1. The van der Waals surface area contributed by atoms with Crippen molar-refractivity contribution < 1.29 is 0 Å². The van der Waals surface area contributed by atoms with E-state index in [9.17, 15) is 0 Å². The van der Waals surface area contributed by atoms with Crippen LogP contribution in [0.4, 0.5) is 0 Å². The van der Waals surface area contributed by atoms with E-state index in [4.69, 9.17) is 0 Å². The quantitative estimate of drug-likeness (QED) is 0.866. The lowest BCUT2D eigenvalue weighted by atomic mass is 9.95. The van der Waals surface area contributed by atoms with Crippen molar-refractivity contribution in [2.45, 2.75) is 45.2 Å². The average Bonchev–Trinajstić information content (AvgIpc) is 2.97. The zero-order chi connectivity index (χ0) is 14.7. The van der Waals surface area contributed by atoms with E-state index in [-0.39, 0.29) is 0 Å². The van der Waals surface area contributed by atoms with Crippen LogP contribution in [0.1, 0.15) is 50.0 Å². The van der Waals surface area contributed by atoms with E-state index in [1.165, 1.54) is 18.5 Å². The van der Waals surface area contributed by atoms with Crippen molar-refractivity contribution in [1.82, 2.24) is 24.6 Å². The summed E-state index contributed by atoms with van der Waals surface area (Å²) >= 11 is 0. The van der Waals surface area contributed by atoms with Gasteiger partial charge in [0.1, 0.15) is 0 Å². The van der Waals surface area contributed by atoms with Crippen molar-refractivity contribution in [2.75, 3.05) is 13.1 Å². The summed E-state index contributed by atoms with van der Waals surface area (Å²) < 4.78 is 2.12. The second-order valence-corrected chi connectivity index (χ2v) is 6.07. The monoisotopic (exact) mass is 285 g/mol. The molecule has 21 heavy (non-hydrogen) atoms. The summed E-state index contributed by atoms with van der Waals surface area (Å²) in [4.78, 5) is 11.2. The first kappa shape index (κ1) is 14.2. The maximum absolute atomic E-state index is 4.47. The molecule has 0 aromatic carbocycles. The third-order valence-electron chi connectivity index (χ3n) is 4.13. The second kappa shape index (κ2) is 6.35. The molecular weight excluding hydrogens is 262 g/mol. The van der Waals surface area contributed by atoms with Crippen LogP contribution in [0.3, 0.4) is 0 Å². The first-order valence-electron chi connectivity index (χ1n) is 7.74. The third-order valence-corrected chi connectivity index (χ3v) is 4.13. The van der Waals surface area contributed by atoms with Gasteiger partial charge in [-0.2, -0.15) is 5.10 Å². The molecule has 0 aliphatic carbocycles. The van der Waals surface area contributed by atoms with Gasteiger partial charge < -0.3 is 0 Å². The molecule has 2 aromatic rings. The molecule has 0 saturated carbocycles. The summed E-state index contributed by atoms with van der Waals surface area (Å²) in [5.41, 5.74) is 2.42. The predicted molar refractivity (Wildman–Crippen MR) is 81.9 cm³/mol. The fourth-order valence-electron chi connectivity index (χ4n) is 3.12. The fourth-order valence-corrected chi connectivity index (χ4v) is 3.12. The van der Waals surface area contributed by atoms with E-state index in [1.807, 2.05) is 12.4 Å². The second-order valence-electron chi connectivity index (χ2n) is 6.07. The third kappa shape index (κ3) is 3.29. The maximum Gasteiger partial charge on any atom is 0.0630 e. The van der Waals surface area contributed by atoms with Crippen LogP contribution < -0.4 is 0 Å². The molecule has 0 unspecified atom stereocenters. The molecule has 2 aromatic heterocycles. The number of nitrogens with zero attached hydrogens (tertiary/aromatic N) is 5. The van der Waals surface area contributed by atoms with Gasteiger partial charge in [0.15, 0.2) is 0 Å². The standard InChI is InChI=1S/C16H23N5/c1-13(2)21-15(5-6-19-21)12-20-9-3-4-14(11-20)16-10-17-7-8-18-16/h5-8,10,13-14H,3-4,9,11-12H2,1-2H3/t14-/m1/s1. The van der Waals surface area contributed by atoms with Gasteiger partial charge in [-0.1, -0.05) is 0 Å². The average molecular weight is 285 g/mol. The van der Waals surface area contributed by atoms with E-state index in [1.54, 1.807) is 12.4 Å². The van der Waals surface area contributed by atoms with Crippen LogP contribution in [0.2, 0.25) is 0 Å². The van der Waals surface area contributed by atoms with Gasteiger partial charge in [-0.05, 0) is 39.3 Å². The molecule has 1 atom stereocenters. The zero-order valence-electron chi connectivity index (χ0n) is 12.8. The van der Waals surface area contributed by atoms with E-state index >= 15 is 0 Å². The number of likely N-dealkylation sites (tertiary alicyclic amines) is 1. The Morgan fingerprint density at radius 1 is 1.29 bits per heavy atom. The summed E-state index contributed by atoms with van der Waals surface area (Å²) in [6, 6.07) is 2.54. The van der Waals surface area contributed by atoms with E-state index in [2.05, 4.69) is 44.6 Å². The Kier molecular flexibility index (Phi) is 4.29. The molecule has 0 N–H and O–H groups in total. The molecule has 3 rings (SSSR count). The fraction of sp³-hybridized carbons (Fsp3) is 0.562. The smallest absolute Gasteiger partial charge is 0.0630 e. The van der Waals surface area contributed by atoms with Gasteiger partial charge in [-0.3, -0.25) is 19.5 Å². The minimum Gasteiger partial charge on any atom is -0.297 e. The molecule has 5 nitrogen and oxygen atoms in total. The first-order chi connectivity index (χ1) is 10.2. The molecule has 1 aliphatic heterocycles. The number of hydrogen-bond acceptors (Lipinski definition) is 4. The molecule has 0 spiro atoms. The van der Waals surface area contributed by atoms with Gasteiger partial charge in [-0.15, -0.1) is 0 Å². The van der Waals surface area contributed by atoms with Crippen LogP contribution in [0, 0.1) is 0 Å². The van der Waals surface area contributed by atoms with Crippen LogP contribution in [-0.4, -0.2) is 37.7 Å². The summed E-state index contributed by atoms with van der Waals surface area (Å²) in [5, 5.41) is 4.43. The molecular formula is C16H23N5. The first-order valence-corrected chi connectivity index (χ1v) is 7.74. The Morgan fingerprint density at radius 3 is 2.95 bits per heavy atom. The molecule has 0 amide bonds. The van der Waals surface area contributed by atoms with Crippen molar-refractivity contribution in [3.63, 3.8) is 0 Å². The van der Waals surface area contributed by atoms with Crippen molar-refractivity contribution >= 4 is 0 Å². The molecule has 112 valence electrons. The van der Waals surface area contributed by atoms with E-state index < -0.39 is 0 Å². The summed E-state index contributed by atoms with van der Waals surface area (Å²) in [6.45, 7) is 7.53. The van der Waals surface area contributed by atoms with Crippen LogP contribution in [0.25, 0.3) is 0 Å². The SMILES string of the molecule is CC(C)n1nccc1CN1CCC[C@@H](c2cnccn2)C1. The van der Waals surface area contributed by atoms with Crippen LogP contribution in [0.5, 0.6) is 0 Å². The van der Waals surface area contributed by atoms with Gasteiger partial charge in [0.2, 0.25) is 0 Å². The van der Waals surface area contributed by atoms with Crippen molar-refractivity contribution in [1.29, 1.82) is 0 Å². The highest BCUT2D eigenvalue weighted by Gasteiger charge is 2.23.